The highest BCUT2D eigenvalue weighted by atomic mass is 16.5. The minimum absolute atomic E-state index is 0.0493. The first-order chi connectivity index (χ1) is 12.0. The van der Waals surface area contributed by atoms with Gasteiger partial charge in [-0.25, -0.2) is 0 Å². The van der Waals surface area contributed by atoms with Crippen LogP contribution in [0.1, 0.15) is 43.5 Å². The Balaban J connectivity index is 2.03. The lowest BCUT2D eigenvalue weighted by Crippen LogP contribution is -2.45. The summed E-state index contributed by atoms with van der Waals surface area (Å²) in [5, 5.41) is 0. The predicted molar refractivity (Wildman–Crippen MR) is 99.8 cm³/mol. The molecule has 2 aliphatic heterocycles. The first-order valence-electron chi connectivity index (χ1n) is 9.03. The zero-order chi connectivity index (χ0) is 18.1. The number of fused-ring (bicyclic) bond motifs is 2. The van der Waals surface area contributed by atoms with Gasteiger partial charge < -0.3 is 19.3 Å². The molecule has 2 heterocycles. The fourth-order valence-electron chi connectivity index (χ4n) is 3.73. The number of rotatable bonds is 5. The second-order valence-electron chi connectivity index (χ2n) is 7.03. The molecule has 0 bridgehead atoms. The van der Waals surface area contributed by atoms with E-state index >= 15 is 0 Å². The normalized spacial score (nSPS) is 22.6. The van der Waals surface area contributed by atoms with E-state index in [1.807, 2.05) is 24.1 Å². The first kappa shape index (κ1) is 17.6. The number of likely N-dealkylation sites (N-methyl/N-ethyl adjacent to an activating group) is 1. The molecule has 0 radical (unpaired) electrons. The molecule has 5 heteroatoms. The van der Waals surface area contributed by atoms with E-state index < -0.39 is 0 Å². The maximum absolute atomic E-state index is 13.2. The number of nitrogens with zero attached hydrogens (tertiary/aromatic N) is 2. The van der Waals surface area contributed by atoms with Crippen LogP contribution >= 0.6 is 0 Å². The molecule has 1 saturated heterocycles. The van der Waals surface area contributed by atoms with Crippen molar-refractivity contribution < 1.29 is 14.3 Å². The van der Waals surface area contributed by atoms with Crippen LogP contribution in [-0.2, 0) is 0 Å². The highest BCUT2D eigenvalue weighted by Crippen LogP contribution is 2.41. The molecule has 0 aromatic heterocycles. The molecule has 1 amide bonds. The zero-order valence-corrected chi connectivity index (χ0v) is 15.7. The second-order valence-corrected chi connectivity index (χ2v) is 7.03. The summed E-state index contributed by atoms with van der Waals surface area (Å²) in [6.07, 6.45) is 2.93. The molecule has 1 unspecified atom stereocenters. The Labute approximate surface area is 150 Å². The van der Waals surface area contributed by atoms with Gasteiger partial charge in [0.25, 0.3) is 5.91 Å². The molecule has 1 aromatic rings. The van der Waals surface area contributed by atoms with E-state index in [9.17, 15) is 4.79 Å². The summed E-state index contributed by atoms with van der Waals surface area (Å²) in [5.74, 6) is 1.36. The SMILES string of the molecule is C=C1C[C@H]2C(C)N(C)c3cc(OCCCC)c(OC)cc3C(=O)N2C1. The minimum Gasteiger partial charge on any atom is -0.493 e. The van der Waals surface area contributed by atoms with Gasteiger partial charge in [-0.05, 0) is 25.8 Å². The zero-order valence-electron chi connectivity index (χ0n) is 15.7. The van der Waals surface area contributed by atoms with Gasteiger partial charge in [-0.2, -0.15) is 0 Å². The maximum atomic E-state index is 13.2. The number of amides is 1. The lowest BCUT2D eigenvalue weighted by molar-refractivity contribution is 0.0733. The van der Waals surface area contributed by atoms with E-state index in [0.717, 1.165) is 30.5 Å². The Morgan fingerprint density at radius 3 is 2.76 bits per heavy atom. The smallest absolute Gasteiger partial charge is 0.256 e. The van der Waals surface area contributed by atoms with Crippen LogP contribution in [0.4, 0.5) is 5.69 Å². The van der Waals surface area contributed by atoms with Crippen molar-refractivity contribution in [2.45, 2.75) is 45.2 Å². The molecule has 3 rings (SSSR count). The molecule has 2 aliphatic rings. The van der Waals surface area contributed by atoms with Crippen LogP contribution in [0.2, 0.25) is 0 Å². The molecule has 5 nitrogen and oxygen atoms in total. The highest BCUT2D eigenvalue weighted by molar-refractivity contribution is 6.02. The molecular weight excluding hydrogens is 316 g/mol. The van der Waals surface area contributed by atoms with Crippen molar-refractivity contribution in [1.29, 1.82) is 0 Å². The monoisotopic (exact) mass is 344 g/mol. The summed E-state index contributed by atoms with van der Waals surface area (Å²) in [7, 11) is 3.66. The molecule has 2 atom stereocenters. The molecule has 25 heavy (non-hydrogen) atoms. The molecule has 0 spiro atoms. The van der Waals surface area contributed by atoms with Gasteiger partial charge in [0.1, 0.15) is 0 Å². The predicted octanol–water partition coefficient (Wildman–Crippen LogP) is 3.48. The van der Waals surface area contributed by atoms with E-state index in [4.69, 9.17) is 9.47 Å². The summed E-state index contributed by atoms with van der Waals surface area (Å²) in [6, 6.07) is 4.15. The number of anilines is 1. The van der Waals surface area contributed by atoms with Gasteiger partial charge in [-0.3, -0.25) is 4.79 Å². The van der Waals surface area contributed by atoms with Crippen LogP contribution in [0.3, 0.4) is 0 Å². The van der Waals surface area contributed by atoms with E-state index in [2.05, 4.69) is 25.3 Å². The minimum atomic E-state index is 0.0493. The number of methoxy groups -OCH3 is 1. The third-order valence-electron chi connectivity index (χ3n) is 5.37. The average Bonchev–Trinajstić information content (AvgIpc) is 2.98. The van der Waals surface area contributed by atoms with Crippen molar-refractivity contribution in [3.8, 4) is 11.5 Å². The fraction of sp³-hybridized carbons (Fsp3) is 0.550. The van der Waals surface area contributed by atoms with E-state index in [0.29, 0.717) is 30.2 Å². The average molecular weight is 344 g/mol. The number of hydrogen-bond acceptors (Lipinski definition) is 4. The van der Waals surface area contributed by atoms with Crippen LogP contribution in [-0.4, -0.2) is 50.2 Å². The van der Waals surface area contributed by atoms with Crippen molar-refractivity contribution in [2.24, 2.45) is 0 Å². The molecule has 0 saturated carbocycles. The fourth-order valence-corrected chi connectivity index (χ4v) is 3.73. The molecule has 0 aliphatic carbocycles. The quantitative estimate of drug-likeness (QED) is 0.606. The van der Waals surface area contributed by atoms with Crippen LogP contribution in [0.15, 0.2) is 24.3 Å². The Bertz CT molecular complexity index is 686. The van der Waals surface area contributed by atoms with Crippen molar-refractivity contribution >= 4 is 11.6 Å². The van der Waals surface area contributed by atoms with Gasteiger partial charge in [-0.1, -0.05) is 25.5 Å². The van der Waals surface area contributed by atoms with Crippen molar-refractivity contribution in [3.05, 3.63) is 29.8 Å². The van der Waals surface area contributed by atoms with Crippen molar-refractivity contribution in [1.82, 2.24) is 4.90 Å². The maximum Gasteiger partial charge on any atom is 0.256 e. The topological polar surface area (TPSA) is 42.0 Å². The Morgan fingerprint density at radius 1 is 1.32 bits per heavy atom. The number of unbranched alkanes of at least 4 members (excludes halogenated alkanes) is 1. The second kappa shape index (κ2) is 6.98. The van der Waals surface area contributed by atoms with Crippen molar-refractivity contribution in [2.75, 3.05) is 32.2 Å². The summed E-state index contributed by atoms with van der Waals surface area (Å²) in [5.41, 5.74) is 2.70. The third kappa shape index (κ3) is 3.08. The van der Waals surface area contributed by atoms with Crippen molar-refractivity contribution in [3.63, 3.8) is 0 Å². The lowest BCUT2D eigenvalue weighted by atomic mass is 10.0. The van der Waals surface area contributed by atoms with E-state index in [-0.39, 0.29) is 18.0 Å². The Kier molecular flexibility index (Phi) is 4.93. The first-order valence-corrected chi connectivity index (χ1v) is 9.03. The molecule has 0 N–H and O–H groups in total. The van der Waals surface area contributed by atoms with Gasteiger partial charge in [-0.15, -0.1) is 0 Å². The highest BCUT2D eigenvalue weighted by Gasteiger charge is 2.41. The van der Waals surface area contributed by atoms with Crippen LogP contribution in [0, 0.1) is 0 Å². The third-order valence-corrected chi connectivity index (χ3v) is 5.37. The molecule has 136 valence electrons. The van der Waals surface area contributed by atoms with Gasteiger partial charge in [0.2, 0.25) is 0 Å². The van der Waals surface area contributed by atoms with Crippen LogP contribution < -0.4 is 14.4 Å². The Morgan fingerprint density at radius 2 is 2.08 bits per heavy atom. The lowest BCUT2D eigenvalue weighted by Gasteiger charge is -2.32. The number of carbonyl (C=O) groups is 1. The standard InChI is InChI=1S/C20H28N2O3/c1-6-7-8-25-19-11-17-15(10-18(19)24-5)20(23)22-12-13(2)9-16(22)14(3)21(17)4/h10-11,14,16H,2,6-9,12H2,1,3-5H3/t14?,16-/m0/s1. The summed E-state index contributed by atoms with van der Waals surface area (Å²) < 4.78 is 11.4. The number of benzene rings is 1. The van der Waals surface area contributed by atoms with Gasteiger partial charge in [0.15, 0.2) is 11.5 Å². The Hall–Kier alpha value is -2.17. The van der Waals surface area contributed by atoms with E-state index in [1.165, 1.54) is 0 Å². The molecule has 1 aromatic carbocycles. The summed E-state index contributed by atoms with van der Waals surface area (Å²) in [4.78, 5) is 17.3. The number of ether oxygens (including phenoxy) is 2. The summed E-state index contributed by atoms with van der Waals surface area (Å²) >= 11 is 0. The summed E-state index contributed by atoms with van der Waals surface area (Å²) in [6.45, 7) is 9.67. The van der Waals surface area contributed by atoms with Gasteiger partial charge in [0, 0.05) is 25.7 Å². The van der Waals surface area contributed by atoms with E-state index in [1.54, 1.807) is 7.11 Å². The number of carbonyl (C=O) groups excluding carboxylic acids is 1. The largest absolute Gasteiger partial charge is 0.493 e. The number of hydrogen-bond donors (Lipinski definition) is 0. The van der Waals surface area contributed by atoms with Gasteiger partial charge in [0.05, 0.1) is 31.0 Å². The molecule has 1 fully saturated rings. The molecular formula is C20H28N2O3. The van der Waals surface area contributed by atoms with Crippen LogP contribution in [0.5, 0.6) is 11.5 Å². The van der Waals surface area contributed by atoms with Gasteiger partial charge >= 0.3 is 0 Å². The van der Waals surface area contributed by atoms with Crippen LogP contribution in [0.25, 0.3) is 0 Å².